The number of aromatic nitrogens is 1. The lowest BCUT2D eigenvalue weighted by Gasteiger charge is -2.32. The Labute approximate surface area is 160 Å². The Kier molecular flexibility index (Phi) is 5.62. The predicted octanol–water partition coefficient (Wildman–Crippen LogP) is 3.31. The maximum Gasteiger partial charge on any atom is 0.414 e. The average Bonchev–Trinajstić information content (AvgIpc) is 3.21. The first-order valence-electron chi connectivity index (χ1n) is 8.47. The predicted molar refractivity (Wildman–Crippen MR) is 99.2 cm³/mol. The van der Waals surface area contributed by atoms with Crippen molar-refractivity contribution >= 4 is 29.1 Å². The summed E-state index contributed by atoms with van der Waals surface area (Å²) in [6.07, 6.45) is 3.29. The Morgan fingerprint density at radius 1 is 1.19 bits per heavy atom. The molecule has 27 heavy (non-hydrogen) atoms. The van der Waals surface area contributed by atoms with Crippen LogP contribution in [0.15, 0.2) is 46.0 Å². The minimum atomic E-state index is -1.82. The van der Waals surface area contributed by atoms with Crippen LogP contribution >= 0.6 is 11.6 Å². The minimum Gasteiger partial charge on any atom is -0.473 e. The first kappa shape index (κ1) is 19.1. The molecule has 7 nitrogen and oxygen atoms in total. The van der Waals surface area contributed by atoms with Gasteiger partial charge >= 0.3 is 11.9 Å². The van der Waals surface area contributed by atoms with Crippen molar-refractivity contribution in [1.29, 1.82) is 0 Å². The fourth-order valence-corrected chi connectivity index (χ4v) is 3.95. The van der Waals surface area contributed by atoms with Gasteiger partial charge in [-0.2, -0.15) is 0 Å². The van der Waals surface area contributed by atoms with Gasteiger partial charge in [-0.25, -0.2) is 9.59 Å². The maximum absolute atomic E-state index is 9.10. The molecule has 0 saturated carbocycles. The van der Waals surface area contributed by atoms with Crippen LogP contribution in [-0.2, 0) is 9.59 Å². The SMILES string of the molecule is CN1C2CCC1C(c1cc(-c3ccccc3)on1)=C(Cl)C2.O=C(O)C(=O)O. The van der Waals surface area contributed by atoms with Crippen molar-refractivity contribution in [3.63, 3.8) is 0 Å². The fourth-order valence-electron chi connectivity index (χ4n) is 3.55. The van der Waals surface area contributed by atoms with Gasteiger partial charge in [0, 0.05) is 34.3 Å². The lowest BCUT2D eigenvalue weighted by Crippen LogP contribution is -2.36. The fraction of sp³-hybridized carbons (Fsp3) is 0.316. The summed E-state index contributed by atoms with van der Waals surface area (Å²) in [4.78, 5) is 20.6. The van der Waals surface area contributed by atoms with E-state index in [0.717, 1.165) is 40.5 Å². The normalized spacial score (nSPS) is 21.6. The second-order valence-electron chi connectivity index (χ2n) is 6.49. The van der Waals surface area contributed by atoms with Crippen LogP contribution in [-0.4, -0.2) is 51.3 Å². The molecule has 1 fully saturated rings. The highest BCUT2D eigenvalue weighted by molar-refractivity contribution is 6.33. The van der Waals surface area contributed by atoms with Crippen LogP contribution in [0.5, 0.6) is 0 Å². The Hall–Kier alpha value is -2.64. The summed E-state index contributed by atoms with van der Waals surface area (Å²) in [5, 5.41) is 20.0. The number of nitrogens with zero attached hydrogens (tertiary/aromatic N) is 2. The van der Waals surface area contributed by atoms with Gasteiger partial charge in [-0.3, -0.25) is 4.90 Å². The van der Waals surface area contributed by atoms with E-state index in [4.69, 9.17) is 35.9 Å². The van der Waals surface area contributed by atoms with E-state index in [-0.39, 0.29) is 0 Å². The Balaban J connectivity index is 0.000000307. The van der Waals surface area contributed by atoms with Crippen LogP contribution in [0.4, 0.5) is 0 Å². The number of hydrogen-bond acceptors (Lipinski definition) is 5. The summed E-state index contributed by atoms with van der Waals surface area (Å²) in [7, 11) is 2.18. The van der Waals surface area contributed by atoms with Gasteiger partial charge in [0.05, 0.1) is 0 Å². The molecule has 0 amide bonds. The molecule has 2 bridgehead atoms. The number of aliphatic carboxylic acids is 2. The smallest absolute Gasteiger partial charge is 0.414 e. The monoisotopic (exact) mass is 390 g/mol. The van der Waals surface area contributed by atoms with E-state index in [2.05, 4.69) is 17.1 Å². The van der Waals surface area contributed by atoms with Gasteiger partial charge in [-0.1, -0.05) is 47.1 Å². The molecule has 4 rings (SSSR count). The highest BCUT2D eigenvalue weighted by Gasteiger charge is 2.40. The molecule has 2 N–H and O–H groups in total. The highest BCUT2D eigenvalue weighted by Crippen LogP contribution is 2.44. The molecule has 1 aromatic heterocycles. The number of likely N-dealkylation sites (N-methyl/N-ethyl adjacent to an activating group) is 1. The van der Waals surface area contributed by atoms with Crippen LogP contribution < -0.4 is 0 Å². The number of hydrogen-bond donors (Lipinski definition) is 2. The molecular formula is C19H19ClN2O5. The lowest BCUT2D eigenvalue weighted by atomic mass is 9.98. The summed E-state index contributed by atoms with van der Waals surface area (Å²) in [5.74, 6) is -2.85. The van der Waals surface area contributed by atoms with Crippen molar-refractivity contribution in [2.75, 3.05) is 7.05 Å². The van der Waals surface area contributed by atoms with E-state index in [0.29, 0.717) is 12.1 Å². The Morgan fingerprint density at radius 3 is 2.48 bits per heavy atom. The quantitative estimate of drug-likeness (QED) is 0.758. The third-order valence-corrected chi connectivity index (χ3v) is 5.27. The summed E-state index contributed by atoms with van der Waals surface area (Å²) < 4.78 is 5.53. The first-order chi connectivity index (χ1) is 12.9. The molecule has 0 radical (unpaired) electrons. The van der Waals surface area contributed by atoms with Crippen LogP contribution in [0, 0.1) is 0 Å². The molecule has 1 saturated heterocycles. The zero-order valence-electron chi connectivity index (χ0n) is 14.6. The molecule has 2 atom stereocenters. The van der Waals surface area contributed by atoms with Crippen molar-refractivity contribution in [1.82, 2.24) is 10.1 Å². The largest absolute Gasteiger partial charge is 0.473 e. The van der Waals surface area contributed by atoms with E-state index in [1.54, 1.807) is 0 Å². The number of halogens is 1. The molecule has 2 aromatic rings. The summed E-state index contributed by atoms with van der Waals surface area (Å²) in [5.41, 5.74) is 3.08. The molecule has 142 valence electrons. The number of fused-ring (bicyclic) bond motifs is 2. The maximum atomic E-state index is 9.10. The first-order valence-corrected chi connectivity index (χ1v) is 8.85. The second kappa shape index (κ2) is 7.94. The Bertz CT molecular complexity index is 865. The van der Waals surface area contributed by atoms with Gasteiger partial charge < -0.3 is 14.7 Å². The molecule has 8 heteroatoms. The average molecular weight is 391 g/mol. The topological polar surface area (TPSA) is 104 Å². The lowest BCUT2D eigenvalue weighted by molar-refractivity contribution is -0.159. The Morgan fingerprint density at radius 2 is 1.85 bits per heavy atom. The second-order valence-corrected chi connectivity index (χ2v) is 6.94. The molecule has 2 unspecified atom stereocenters. The van der Waals surface area contributed by atoms with Gasteiger partial charge in [-0.05, 0) is 26.3 Å². The molecule has 2 aliphatic heterocycles. The highest BCUT2D eigenvalue weighted by atomic mass is 35.5. The third-order valence-electron chi connectivity index (χ3n) is 4.91. The molecule has 3 heterocycles. The molecule has 0 spiro atoms. The van der Waals surface area contributed by atoms with Crippen molar-refractivity contribution in [2.24, 2.45) is 0 Å². The van der Waals surface area contributed by atoms with Crippen LogP contribution in [0.2, 0.25) is 0 Å². The summed E-state index contributed by atoms with van der Waals surface area (Å²) >= 11 is 6.54. The van der Waals surface area contributed by atoms with E-state index < -0.39 is 11.9 Å². The van der Waals surface area contributed by atoms with Crippen molar-refractivity contribution in [3.05, 3.63) is 47.1 Å². The van der Waals surface area contributed by atoms with Crippen LogP contribution in [0.3, 0.4) is 0 Å². The molecule has 2 aliphatic rings. The summed E-state index contributed by atoms with van der Waals surface area (Å²) in [6, 6.07) is 13.0. The zero-order valence-corrected chi connectivity index (χ0v) is 15.4. The number of rotatable bonds is 2. The summed E-state index contributed by atoms with van der Waals surface area (Å²) in [6.45, 7) is 0. The van der Waals surface area contributed by atoms with E-state index in [9.17, 15) is 0 Å². The molecular weight excluding hydrogens is 372 g/mol. The molecule has 1 aromatic carbocycles. The van der Waals surface area contributed by atoms with Crippen LogP contribution in [0.25, 0.3) is 16.9 Å². The standard InChI is InChI=1S/C17H17ClN2O.C2H2O4/c1-20-12-7-8-15(20)17(13(18)9-12)14-10-16(21-19-14)11-5-3-2-4-6-11;3-1(4)2(5)6/h2-6,10,12,15H,7-9H2,1H3;(H,3,4)(H,5,6). The van der Waals surface area contributed by atoms with Crippen molar-refractivity contribution < 1.29 is 24.3 Å². The van der Waals surface area contributed by atoms with Gasteiger partial charge in [0.2, 0.25) is 0 Å². The van der Waals surface area contributed by atoms with E-state index in [1.807, 2.05) is 36.4 Å². The van der Waals surface area contributed by atoms with Gasteiger partial charge in [0.25, 0.3) is 0 Å². The number of carboxylic acid groups (broad SMARTS) is 2. The third kappa shape index (κ3) is 4.04. The van der Waals surface area contributed by atoms with Crippen molar-refractivity contribution in [2.45, 2.75) is 31.3 Å². The van der Waals surface area contributed by atoms with Gasteiger partial charge in [0.15, 0.2) is 5.76 Å². The number of carboxylic acids is 2. The zero-order chi connectivity index (χ0) is 19.6. The molecule has 0 aliphatic carbocycles. The van der Waals surface area contributed by atoms with Crippen molar-refractivity contribution in [3.8, 4) is 11.3 Å². The minimum absolute atomic E-state index is 0.380. The number of carbonyl (C=O) groups is 2. The van der Waals surface area contributed by atoms with Gasteiger partial charge in [-0.15, -0.1) is 0 Å². The van der Waals surface area contributed by atoms with Crippen LogP contribution in [0.1, 0.15) is 25.0 Å². The van der Waals surface area contributed by atoms with Gasteiger partial charge in [0.1, 0.15) is 5.69 Å². The number of benzene rings is 1. The van der Waals surface area contributed by atoms with E-state index >= 15 is 0 Å². The van der Waals surface area contributed by atoms with E-state index in [1.165, 1.54) is 6.42 Å².